The second kappa shape index (κ2) is 10.0. The zero-order valence-electron chi connectivity index (χ0n) is 18.3. The van der Waals surface area contributed by atoms with Crippen molar-refractivity contribution in [2.24, 2.45) is 0 Å². The first-order valence-corrected chi connectivity index (χ1v) is 10.6. The number of carbonyl (C=O) groups is 2. The Hall–Kier alpha value is -4.07. The summed E-state index contributed by atoms with van der Waals surface area (Å²) >= 11 is 0. The van der Waals surface area contributed by atoms with E-state index in [9.17, 15) is 14.0 Å². The number of hydrogen-bond acceptors (Lipinski definition) is 3. The van der Waals surface area contributed by atoms with Crippen LogP contribution in [0.3, 0.4) is 0 Å². The predicted octanol–water partition coefficient (Wildman–Crippen LogP) is 5.31. The lowest BCUT2D eigenvalue weighted by Crippen LogP contribution is -2.49. The lowest BCUT2D eigenvalue weighted by atomic mass is 10.1. The number of halogens is 1. The first kappa shape index (κ1) is 22.1. The third-order valence-electron chi connectivity index (χ3n) is 5.32. The van der Waals surface area contributed by atoms with Gasteiger partial charge >= 0.3 is 12.1 Å². The first-order valence-electron chi connectivity index (χ1n) is 10.6. The van der Waals surface area contributed by atoms with E-state index in [1.165, 1.54) is 12.1 Å². The van der Waals surface area contributed by atoms with Crippen LogP contribution < -0.4 is 20.3 Å². The zero-order valence-corrected chi connectivity index (χ0v) is 18.3. The van der Waals surface area contributed by atoms with E-state index in [0.717, 1.165) is 12.0 Å². The molecule has 0 radical (unpaired) electrons. The third kappa shape index (κ3) is 5.60. The van der Waals surface area contributed by atoms with Crippen molar-refractivity contribution in [1.29, 1.82) is 0 Å². The Kier molecular flexibility index (Phi) is 6.73. The molecule has 0 spiro atoms. The fraction of sp³-hybridized carbons (Fsp3) is 0.200. The van der Waals surface area contributed by atoms with Gasteiger partial charge in [-0.25, -0.2) is 14.0 Å². The second-order valence-corrected chi connectivity index (χ2v) is 7.70. The van der Waals surface area contributed by atoms with E-state index in [1.807, 2.05) is 6.07 Å². The lowest BCUT2D eigenvalue weighted by molar-refractivity contribution is 0.192. The maximum Gasteiger partial charge on any atom is 0.324 e. The molecule has 0 aliphatic carbocycles. The first-order chi connectivity index (χ1) is 16.0. The Morgan fingerprint density at radius 2 is 1.70 bits per heavy atom. The largest absolute Gasteiger partial charge is 0.497 e. The van der Waals surface area contributed by atoms with Crippen LogP contribution in [0, 0.1) is 5.82 Å². The number of urea groups is 2. The van der Waals surface area contributed by atoms with Crippen LogP contribution >= 0.6 is 0 Å². The van der Waals surface area contributed by atoms with E-state index in [2.05, 4.69) is 10.6 Å². The molecule has 0 saturated carbocycles. The van der Waals surface area contributed by atoms with Gasteiger partial charge in [0.25, 0.3) is 0 Å². The van der Waals surface area contributed by atoms with Crippen molar-refractivity contribution in [1.82, 2.24) is 4.90 Å². The van der Waals surface area contributed by atoms with Gasteiger partial charge in [-0.15, -0.1) is 0 Å². The quantitative estimate of drug-likeness (QED) is 0.537. The summed E-state index contributed by atoms with van der Waals surface area (Å²) in [4.78, 5) is 28.9. The Balaban J connectivity index is 1.42. The SMILES string of the molecule is COc1cccc(NC(=O)Nc2cccc(N3CCCN(Cc4cccc(F)c4)C3=O)c2)c1. The minimum Gasteiger partial charge on any atom is -0.497 e. The fourth-order valence-corrected chi connectivity index (χ4v) is 3.77. The van der Waals surface area contributed by atoms with Crippen LogP contribution in [-0.2, 0) is 6.54 Å². The van der Waals surface area contributed by atoms with Gasteiger partial charge in [-0.05, 0) is 54.4 Å². The molecule has 4 rings (SSSR count). The lowest BCUT2D eigenvalue weighted by Gasteiger charge is -2.36. The highest BCUT2D eigenvalue weighted by atomic mass is 19.1. The minimum absolute atomic E-state index is 0.150. The second-order valence-electron chi connectivity index (χ2n) is 7.70. The number of hydrogen-bond donors (Lipinski definition) is 2. The molecule has 0 atom stereocenters. The van der Waals surface area contributed by atoms with Gasteiger partial charge in [0.2, 0.25) is 0 Å². The maximum atomic E-state index is 13.5. The molecule has 2 N–H and O–H groups in total. The molecule has 0 bridgehead atoms. The summed E-state index contributed by atoms with van der Waals surface area (Å²) < 4.78 is 18.7. The number of nitrogens with one attached hydrogen (secondary N) is 2. The number of nitrogens with zero attached hydrogens (tertiary/aromatic N) is 2. The van der Waals surface area contributed by atoms with Gasteiger partial charge in [-0.1, -0.05) is 24.3 Å². The molecule has 170 valence electrons. The zero-order chi connectivity index (χ0) is 23.2. The van der Waals surface area contributed by atoms with Gasteiger partial charge in [-0.3, -0.25) is 4.90 Å². The molecule has 1 aliphatic heterocycles. The van der Waals surface area contributed by atoms with Crippen LogP contribution in [0.25, 0.3) is 0 Å². The summed E-state index contributed by atoms with van der Waals surface area (Å²) in [6.07, 6.45) is 0.787. The number of carbonyl (C=O) groups excluding carboxylic acids is 2. The van der Waals surface area contributed by atoms with E-state index in [4.69, 9.17) is 4.74 Å². The van der Waals surface area contributed by atoms with Crippen molar-refractivity contribution in [3.63, 3.8) is 0 Å². The molecule has 0 unspecified atom stereocenters. The Morgan fingerprint density at radius 1 is 0.970 bits per heavy atom. The van der Waals surface area contributed by atoms with Crippen molar-refractivity contribution >= 4 is 29.1 Å². The number of amides is 4. The van der Waals surface area contributed by atoms with Crippen LogP contribution in [0.2, 0.25) is 0 Å². The Labute approximate surface area is 191 Å². The van der Waals surface area contributed by atoms with Crippen LogP contribution in [0.4, 0.5) is 31.0 Å². The number of rotatable bonds is 6. The average Bonchev–Trinajstić information content (AvgIpc) is 2.81. The summed E-state index contributed by atoms with van der Waals surface area (Å²) in [5.41, 5.74) is 2.59. The topological polar surface area (TPSA) is 73.9 Å². The molecule has 1 heterocycles. The fourth-order valence-electron chi connectivity index (χ4n) is 3.77. The molecule has 1 saturated heterocycles. The summed E-state index contributed by atoms with van der Waals surface area (Å²) in [5.74, 6) is 0.320. The Morgan fingerprint density at radius 3 is 2.45 bits per heavy atom. The highest BCUT2D eigenvalue weighted by molar-refractivity contribution is 6.00. The van der Waals surface area contributed by atoms with E-state index >= 15 is 0 Å². The van der Waals surface area contributed by atoms with E-state index in [-0.39, 0.29) is 11.8 Å². The highest BCUT2D eigenvalue weighted by Gasteiger charge is 2.27. The van der Waals surface area contributed by atoms with Crippen LogP contribution in [-0.4, -0.2) is 37.2 Å². The van der Waals surface area contributed by atoms with Gasteiger partial charge < -0.3 is 20.3 Å². The monoisotopic (exact) mass is 448 g/mol. The summed E-state index contributed by atoms with van der Waals surface area (Å²) in [5, 5.41) is 5.56. The van der Waals surface area contributed by atoms with E-state index in [0.29, 0.717) is 42.4 Å². The van der Waals surface area contributed by atoms with Crippen molar-refractivity contribution in [2.45, 2.75) is 13.0 Å². The molecule has 4 amide bonds. The van der Waals surface area contributed by atoms with E-state index in [1.54, 1.807) is 71.5 Å². The van der Waals surface area contributed by atoms with Gasteiger partial charge in [-0.2, -0.15) is 0 Å². The molecule has 8 heteroatoms. The van der Waals surface area contributed by atoms with Crippen molar-refractivity contribution in [3.8, 4) is 5.75 Å². The third-order valence-corrected chi connectivity index (χ3v) is 5.32. The van der Waals surface area contributed by atoms with Crippen LogP contribution in [0.1, 0.15) is 12.0 Å². The molecular weight excluding hydrogens is 423 g/mol. The molecule has 3 aromatic rings. The number of anilines is 3. The van der Waals surface area contributed by atoms with Crippen LogP contribution in [0.5, 0.6) is 5.75 Å². The maximum absolute atomic E-state index is 13.5. The van der Waals surface area contributed by atoms with Gasteiger partial charge in [0, 0.05) is 42.8 Å². The minimum atomic E-state index is -0.405. The number of ether oxygens (including phenoxy) is 1. The Bertz CT molecular complexity index is 1150. The average molecular weight is 448 g/mol. The highest BCUT2D eigenvalue weighted by Crippen LogP contribution is 2.25. The van der Waals surface area contributed by atoms with Crippen molar-refractivity contribution in [3.05, 3.63) is 84.2 Å². The van der Waals surface area contributed by atoms with Gasteiger partial charge in [0.05, 0.1) is 7.11 Å². The van der Waals surface area contributed by atoms with E-state index < -0.39 is 6.03 Å². The molecule has 1 aliphatic rings. The molecule has 3 aromatic carbocycles. The molecule has 33 heavy (non-hydrogen) atoms. The molecular formula is C25H25FN4O3. The normalized spacial score (nSPS) is 13.6. The van der Waals surface area contributed by atoms with Gasteiger partial charge in [0.15, 0.2) is 0 Å². The van der Waals surface area contributed by atoms with Crippen LogP contribution in [0.15, 0.2) is 72.8 Å². The number of benzene rings is 3. The van der Waals surface area contributed by atoms with Crippen molar-refractivity contribution < 1.29 is 18.7 Å². The summed E-state index contributed by atoms with van der Waals surface area (Å²) in [6.45, 7) is 1.51. The number of methoxy groups -OCH3 is 1. The predicted molar refractivity (Wildman–Crippen MR) is 126 cm³/mol. The molecule has 1 fully saturated rings. The standard InChI is InChI=1S/C25H25FN4O3/c1-33-23-11-4-9-21(16-23)28-24(31)27-20-8-3-10-22(15-20)30-13-5-12-29(25(30)32)17-18-6-2-7-19(26)14-18/h2-4,6-11,14-16H,5,12-13,17H2,1H3,(H2,27,28,31). The van der Waals surface area contributed by atoms with Crippen molar-refractivity contribution in [2.75, 3.05) is 35.7 Å². The summed E-state index contributed by atoms with van der Waals surface area (Å²) in [6, 6.07) is 19.9. The summed E-state index contributed by atoms with van der Waals surface area (Å²) in [7, 11) is 1.56. The smallest absolute Gasteiger partial charge is 0.324 e. The molecule has 0 aromatic heterocycles. The van der Waals surface area contributed by atoms with Gasteiger partial charge in [0.1, 0.15) is 11.6 Å². The molecule has 7 nitrogen and oxygen atoms in total.